The van der Waals surface area contributed by atoms with Crippen LogP contribution in [0, 0.1) is 23.3 Å². The van der Waals surface area contributed by atoms with E-state index in [1.165, 1.54) is 0 Å². The Hall–Kier alpha value is -1.37. The van der Waals surface area contributed by atoms with E-state index in [0.717, 1.165) is 21.5 Å². The highest BCUT2D eigenvalue weighted by Crippen LogP contribution is 2.09. The van der Waals surface area contributed by atoms with E-state index < -0.39 is 0 Å². The lowest BCUT2D eigenvalue weighted by Gasteiger charge is -2.14. The van der Waals surface area contributed by atoms with Crippen LogP contribution in [-0.2, 0) is 6.54 Å². The number of carbonyl (C=O) groups excluding carboxylic acids is 1. The van der Waals surface area contributed by atoms with E-state index >= 15 is 0 Å². The number of aryl methyl sites for hydroxylation is 2. The molecule has 2 rings (SSSR count). The Bertz CT molecular complexity index is 636. The zero-order valence-electron chi connectivity index (χ0n) is 12.6. The first-order chi connectivity index (χ1) is 9.95. The number of aromatic nitrogens is 2. The summed E-state index contributed by atoms with van der Waals surface area (Å²) in [6.07, 6.45) is 0. The second-order valence-electron chi connectivity index (χ2n) is 5.43. The summed E-state index contributed by atoms with van der Waals surface area (Å²) in [5, 5.41) is 7.44. The van der Waals surface area contributed by atoms with Gasteiger partial charge >= 0.3 is 0 Å². The van der Waals surface area contributed by atoms with E-state index in [-0.39, 0.29) is 5.91 Å². The van der Waals surface area contributed by atoms with Crippen LogP contribution in [0.3, 0.4) is 0 Å². The second-order valence-corrected chi connectivity index (χ2v) is 6.68. The highest BCUT2D eigenvalue weighted by Gasteiger charge is 2.10. The number of amides is 1. The lowest BCUT2D eigenvalue weighted by Crippen LogP contribution is -2.30. The predicted molar refractivity (Wildman–Crippen MR) is 92.4 cm³/mol. The maximum Gasteiger partial charge on any atom is 0.251 e. The third kappa shape index (κ3) is 4.56. The summed E-state index contributed by atoms with van der Waals surface area (Å²) >= 11 is 2.21. The molecule has 1 aromatic heterocycles. The standard InChI is InChI=1S/C16H20IN3O/c1-11(10-20-13(3)7-12(2)19-20)9-18-16(21)14-5-4-6-15(17)8-14/h4-8,11H,9-10H2,1-3H3,(H,18,21)/t11-/m1/s1. The fourth-order valence-corrected chi connectivity index (χ4v) is 2.76. The molecular formula is C16H20IN3O. The molecule has 0 spiro atoms. The zero-order valence-corrected chi connectivity index (χ0v) is 14.7. The monoisotopic (exact) mass is 397 g/mol. The van der Waals surface area contributed by atoms with Gasteiger partial charge in [0.05, 0.1) is 5.69 Å². The summed E-state index contributed by atoms with van der Waals surface area (Å²) in [5.41, 5.74) is 2.89. The Morgan fingerprint density at radius 1 is 1.38 bits per heavy atom. The van der Waals surface area contributed by atoms with Crippen molar-refractivity contribution >= 4 is 28.5 Å². The molecule has 0 aliphatic rings. The van der Waals surface area contributed by atoms with Gasteiger partial charge in [-0.3, -0.25) is 9.48 Å². The normalized spacial score (nSPS) is 12.2. The average Bonchev–Trinajstić information content (AvgIpc) is 2.74. The van der Waals surface area contributed by atoms with Crippen LogP contribution in [0.5, 0.6) is 0 Å². The molecule has 1 N–H and O–H groups in total. The molecule has 0 saturated heterocycles. The minimum atomic E-state index is -0.0197. The smallest absolute Gasteiger partial charge is 0.251 e. The topological polar surface area (TPSA) is 46.9 Å². The van der Waals surface area contributed by atoms with Gasteiger partial charge in [0.15, 0.2) is 0 Å². The number of nitrogens with zero attached hydrogens (tertiary/aromatic N) is 2. The van der Waals surface area contributed by atoms with Crippen LogP contribution < -0.4 is 5.32 Å². The van der Waals surface area contributed by atoms with Gasteiger partial charge in [0.25, 0.3) is 5.91 Å². The van der Waals surface area contributed by atoms with Gasteiger partial charge in [0.2, 0.25) is 0 Å². The van der Waals surface area contributed by atoms with E-state index in [1.54, 1.807) is 0 Å². The molecule has 2 aromatic rings. The molecule has 1 aromatic carbocycles. The highest BCUT2D eigenvalue weighted by molar-refractivity contribution is 14.1. The van der Waals surface area contributed by atoms with Crippen molar-refractivity contribution in [2.45, 2.75) is 27.3 Å². The van der Waals surface area contributed by atoms with Crippen molar-refractivity contribution in [2.75, 3.05) is 6.54 Å². The van der Waals surface area contributed by atoms with Crippen molar-refractivity contribution in [3.05, 3.63) is 50.9 Å². The molecule has 1 atom stereocenters. The van der Waals surface area contributed by atoms with Crippen molar-refractivity contribution in [1.82, 2.24) is 15.1 Å². The van der Waals surface area contributed by atoms with Gasteiger partial charge in [-0.1, -0.05) is 13.0 Å². The molecule has 1 heterocycles. The minimum absolute atomic E-state index is 0.0197. The molecular weight excluding hydrogens is 377 g/mol. The first-order valence-electron chi connectivity index (χ1n) is 7.00. The SMILES string of the molecule is Cc1cc(C)n(C[C@H](C)CNC(=O)c2cccc(I)c2)n1. The Morgan fingerprint density at radius 2 is 2.14 bits per heavy atom. The fraction of sp³-hybridized carbons (Fsp3) is 0.375. The molecule has 21 heavy (non-hydrogen) atoms. The second kappa shape index (κ2) is 7.06. The molecule has 112 valence electrons. The predicted octanol–water partition coefficient (Wildman–Crippen LogP) is 3.17. The zero-order chi connectivity index (χ0) is 15.4. The first kappa shape index (κ1) is 16.0. The van der Waals surface area contributed by atoms with E-state index in [1.807, 2.05) is 35.9 Å². The van der Waals surface area contributed by atoms with Crippen LogP contribution in [0.25, 0.3) is 0 Å². The Labute approximate surface area is 139 Å². The number of hydrogen-bond acceptors (Lipinski definition) is 2. The summed E-state index contributed by atoms with van der Waals surface area (Å²) in [7, 11) is 0. The average molecular weight is 397 g/mol. The summed E-state index contributed by atoms with van der Waals surface area (Å²) in [4.78, 5) is 12.1. The summed E-state index contributed by atoms with van der Waals surface area (Å²) in [5.74, 6) is 0.309. The molecule has 5 heteroatoms. The maximum absolute atomic E-state index is 12.1. The Balaban J connectivity index is 1.88. The number of nitrogens with one attached hydrogen (secondary N) is 1. The first-order valence-corrected chi connectivity index (χ1v) is 8.08. The van der Waals surface area contributed by atoms with Gasteiger partial charge in [-0.15, -0.1) is 0 Å². The van der Waals surface area contributed by atoms with Crippen LogP contribution in [0.15, 0.2) is 30.3 Å². The molecule has 0 unspecified atom stereocenters. The number of hydrogen-bond donors (Lipinski definition) is 1. The van der Waals surface area contributed by atoms with E-state index in [0.29, 0.717) is 18.0 Å². The summed E-state index contributed by atoms with van der Waals surface area (Å²) in [6, 6.07) is 9.67. The number of benzene rings is 1. The van der Waals surface area contributed by atoms with E-state index in [4.69, 9.17) is 0 Å². The van der Waals surface area contributed by atoms with Crippen molar-refractivity contribution in [1.29, 1.82) is 0 Å². The molecule has 0 bridgehead atoms. The Morgan fingerprint density at radius 3 is 2.76 bits per heavy atom. The van der Waals surface area contributed by atoms with Crippen LogP contribution >= 0.6 is 22.6 Å². The quantitative estimate of drug-likeness (QED) is 0.788. The van der Waals surface area contributed by atoms with Gasteiger partial charge in [-0.2, -0.15) is 5.10 Å². The molecule has 1 amide bonds. The van der Waals surface area contributed by atoms with E-state index in [9.17, 15) is 4.79 Å². The van der Waals surface area contributed by atoms with Gasteiger partial charge in [-0.25, -0.2) is 0 Å². The molecule has 0 radical (unpaired) electrons. The fourth-order valence-electron chi connectivity index (χ4n) is 2.22. The van der Waals surface area contributed by atoms with Crippen molar-refractivity contribution in [3.63, 3.8) is 0 Å². The van der Waals surface area contributed by atoms with Crippen molar-refractivity contribution in [3.8, 4) is 0 Å². The van der Waals surface area contributed by atoms with Crippen LogP contribution in [0.2, 0.25) is 0 Å². The maximum atomic E-state index is 12.1. The lowest BCUT2D eigenvalue weighted by molar-refractivity contribution is 0.0946. The molecule has 0 aliphatic heterocycles. The van der Waals surface area contributed by atoms with Crippen molar-refractivity contribution in [2.24, 2.45) is 5.92 Å². The van der Waals surface area contributed by atoms with E-state index in [2.05, 4.69) is 52.9 Å². The van der Waals surface area contributed by atoms with Crippen molar-refractivity contribution < 1.29 is 4.79 Å². The minimum Gasteiger partial charge on any atom is -0.352 e. The Kier molecular flexibility index (Phi) is 5.39. The molecule has 4 nitrogen and oxygen atoms in total. The van der Waals surface area contributed by atoms with Crippen LogP contribution in [0.1, 0.15) is 28.7 Å². The molecule has 0 aliphatic carbocycles. The van der Waals surface area contributed by atoms with Gasteiger partial charge in [0, 0.05) is 27.9 Å². The van der Waals surface area contributed by atoms with Crippen LogP contribution in [-0.4, -0.2) is 22.2 Å². The third-order valence-electron chi connectivity index (χ3n) is 3.29. The lowest BCUT2D eigenvalue weighted by atomic mass is 10.1. The summed E-state index contributed by atoms with van der Waals surface area (Å²) in [6.45, 7) is 7.62. The molecule has 0 fully saturated rings. The highest BCUT2D eigenvalue weighted by atomic mass is 127. The number of halogens is 1. The largest absolute Gasteiger partial charge is 0.352 e. The van der Waals surface area contributed by atoms with Crippen LogP contribution in [0.4, 0.5) is 0 Å². The van der Waals surface area contributed by atoms with Gasteiger partial charge in [-0.05, 0) is 66.6 Å². The number of carbonyl (C=O) groups is 1. The molecule has 0 saturated carbocycles. The number of rotatable bonds is 5. The van der Waals surface area contributed by atoms with Gasteiger partial charge in [0.1, 0.15) is 0 Å². The third-order valence-corrected chi connectivity index (χ3v) is 3.96. The van der Waals surface area contributed by atoms with Gasteiger partial charge < -0.3 is 5.32 Å². The summed E-state index contributed by atoms with van der Waals surface area (Å²) < 4.78 is 3.06.